The summed E-state index contributed by atoms with van der Waals surface area (Å²) in [6.07, 6.45) is -15.3. The molecule has 16 N–H and O–H groups in total. The van der Waals surface area contributed by atoms with Gasteiger partial charge in [0.2, 0.25) is 0 Å². The molecule has 7 saturated heterocycles. The third-order valence-electron chi connectivity index (χ3n) is 25.2. The summed E-state index contributed by atoms with van der Waals surface area (Å²) in [5, 5.41) is 10.3. The van der Waals surface area contributed by atoms with E-state index in [4.69, 9.17) is 127 Å². The number of aliphatic hydroxyl groups is 1. The molecule has 68 heteroatoms. The lowest BCUT2D eigenvalue weighted by Gasteiger charge is -2.43. The number of nitrogens with zero attached hydrogens (tertiary/aromatic N) is 20. The number of carbonyl (C=O) groups excluding carboxylic acids is 1. The standard InChI is InChI=1S/C80H108F3N27O30P6S2/c1-42-15-46(17-47(16-42)80(81,82)83)73(113)99-23-48(132-62(28-99)109-22-45(4)72(112)98-79(109)119)34-126-141(5,120)100-24-49(133-63(29-100)104-12-9-57(84)93-74(104)114)35-127-142(6,121)101-25-50(134-64(30-101)105-13-10-58(85)94-75(105)115)36-128-143(7,122)102-26-51(135-65(31-102)106-14-11-59(86)95-76(106)116)37-129-144(8,123)103-27-52(136-66(32-103)110-41-92-67-70(89)90-40-91-71(67)110)38-130-145(124,147)140-54-19-61(108-21-44(3)69(88)97-78(108)118)138-56(54)39-131-146(125,148)139-53-18-60(137-55(53)33-111)107-20-43(2)68(87)96-77(107)117/h9-17,20-22,40-41,48-56,60-66,111H,18-19,23-39H2,1-8H3,(H,124,147)(H,125,148)(H2,84,93,114)(H2,85,94,115)(H2,86,95,116)(H2,87,96,117)(H2,88,97,118)(H2,89,90,91)(H,98,112,119)/t48-,49-,50-,51-,52-,53-,54?,55+,56+,60+,61+,62+,63+,64+,65+,66+,141-,142-,143-,144-,145?,146?/m0/s1. The number of alkyl halides is 3. The summed E-state index contributed by atoms with van der Waals surface area (Å²) in [4.78, 5) is 167. The molecule has 806 valence electrons. The molecular weight excluding hydrogens is 2130 g/mol. The van der Waals surface area contributed by atoms with Crippen LogP contribution >= 0.6 is 43.5 Å². The van der Waals surface area contributed by atoms with E-state index in [1.54, 1.807) is 13.8 Å². The smallest absolute Gasteiger partial charge is 0.394 e. The van der Waals surface area contributed by atoms with Gasteiger partial charge in [0.05, 0.1) is 127 Å². The largest absolute Gasteiger partial charge is 0.416 e. The average Bonchev–Trinajstić information content (AvgIpc) is 1.74. The lowest BCUT2D eigenvalue weighted by atomic mass is 10.0. The summed E-state index contributed by atoms with van der Waals surface area (Å²) in [6.45, 7) is -6.03. The molecular formula is C80H108F3N27O30P6S2. The molecule has 8 aromatic heterocycles. The van der Waals surface area contributed by atoms with E-state index in [1.165, 1.54) is 138 Å². The van der Waals surface area contributed by atoms with Crippen molar-refractivity contribution in [3.8, 4) is 0 Å². The van der Waals surface area contributed by atoms with Gasteiger partial charge in [0.15, 0.2) is 36.4 Å². The lowest BCUT2D eigenvalue weighted by molar-refractivity contribution is -0.137. The third kappa shape index (κ3) is 25.9. The van der Waals surface area contributed by atoms with Gasteiger partial charge in [0.1, 0.15) is 77.9 Å². The van der Waals surface area contributed by atoms with Gasteiger partial charge >= 0.3 is 53.8 Å². The van der Waals surface area contributed by atoms with Crippen LogP contribution in [0.25, 0.3) is 11.2 Å². The van der Waals surface area contributed by atoms with Crippen LogP contribution in [0.4, 0.5) is 48.1 Å². The number of morpholine rings is 5. The normalized spacial score (nSPS) is 27.2. The maximum atomic E-state index is 15.7. The van der Waals surface area contributed by atoms with E-state index < -0.39 is 259 Å². The average molecular weight is 2230 g/mol. The number of hydrogen-bond acceptors (Lipinski definition) is 44. The summed E-state index contributed by atoms with van der Waals surface area (Å²) in [7, 11) is -17.1. The van der Waals surface area contributed by atoms with Gasteiger partial charge in [0, 0.05) is 132 Å². The predicted octanol–water partition coefficient (Wildman–Crippen LogP) is 1.41. The quantitative estimate of drug-likeness (QED) is 0.0251. The van der Waals surface area contributed by atoms with Crippen LogP contribution in [0.2, 0.25) is 0 Å². The number of fused-ring (bicyclic) bond motifs is 1. The second-order valence-corrected chi connectivity index (χ2v) is 51.5. The Bertz CT molecular complexity index is 7280. The first-order valence-electron chi connectivity index (χ1n) is 45.5. The molecule has 22 atom stereocenters. The van der Waals surface area contributed by atoms with Crippen molar-refractivity contribution in [1.29, 1.82) is 0 Å². The minimum atomic E-state index is -4.85. The SMILES string of the molecule is Cc1cc(C(=O)N2C[C@@H](CO[P@](C)(=O)N3C[C@@H](CO[P@](C)(=O)N4C[C@@H](CO[P@](C)(=O)N5C[C@@H](CO[P@](C)(=O)N6C[C@@H](COP(O)(=S)OC7C[C@H](n8cc(C)c(N)nc8=O)O[C@@H]7COP(O)(=S)O[C@H]7C[C@H](n8cc(C)c(N)nc8=O)O[C@@H]7CO)O[C@@H](n7cnc8c(N)ncnc87)C6)O[C@@H](n6ccc(N)nc6=O)C5)O[C@@H](n5ccc(N)nc5=O)C4)O[C@@H](n4ccc(N)nc4=O)C3)O[C@@H](n3cc(C)c(=O)[nH]c3=O)C2)cc(C(F)(F)F)c1. The van der Waals surface area contributed by atoms with Crippen molar-refractivity contribution in [2.45, 2.75) is 145 Å². The summed E-state index contributed by atoms with van der Waals surface area (Å²) in [6, 6.07) is 6.66. The van der Waals surface area contributed by atoms with Crippen molar-refractivity contribution in [1.82, 2.24) is 100 Å². The van der Waals surface area contributed by atoms with Crippen LogP contribution < -0.4 is 74.1 Å². The Morgan fingerprint density at radius 1 is 0.453 bits per heavy atom. The highest BCUT2D eigenvalue weighted by Gasteiger charge is 2.50. The minimum Gasteiger partial charge on any atom is -0.394 e. The molecule has 1 aromatic carbocycles. The van der Waals surface area contributed by atoms with Gasteiger partial charge in [-0.05, 0) is 93.3 Å². The van der Waals surface area contributed by atoms with E-state index in [2.05, 4.69) is 44.9 Å². The number of H-pyrrole nitrogens is 1. The van der Waals surface area contributed by atoms with Crippen molar-refractivity contribution in [3.05, 3.63) is 193 Å². The van der Waals surface area contributed by atoms with Crippen LogP contribution in [0.3, 0.4) is 0 Å². The molecule has 148 heavy (non-hydrogen) atoms. The number of aromatic nitrogens is 16. The molecule has 16 rings (SSSR count). The second-order valence-electron chi connectivity index (χ2n) is 36.2. The molecule has 7 fully saturated rings. The Morgan fingerprint density at radius 3 is 1.25 bits per heavy atom. The van der Waals surface area contributed by atoms with Crippen molar-refractivity contribution in [2.24, 2.45) is 0 Å². The summed E-state index contributed by atoms with van der Waals surface area (Å²) in [5.74, 6) is -1.52. The highest BCUT2D eigenvalue weighted by Crippen LogP contribution is 2.58. The zero-order valence-corrected chi connectivity index (χ0v) is 87.2. The predicted molar refractivity (Wildman–Crippen MR) is 524 cm³/mol. The minimum absolute atomic E-state index is 0.0106. The van der Waals surface area contributed by atoms with Crippen molar-refractivity contribution in [3.63, 3.8) is 0 Å². The van der Waals surface area contributed by atoms with Gasteiger partial charge < -0.3 is 124 Å². The zero-order valence-electron chi connectivity index (χ0n) is 80.2. The van der Waals surface area contributed by atoms with Gasteiger partial charge in [0.25, 0.3) is 41.5 Å². The molecule has 57 nitrogen and oxygen atoms in total. The van der Waals surface area contributed by atoms with E-state index in [1.807, 2.05) is 0 Å². The number of rotatable bonds is 35. The fourth-order valence-electron chi connectivity index (χ4n) is 17.5. The molecule has 15 heterocycles. The van der Waals surface area contributed by atoms with Crippen molar-refractivity contribution >= 4 is 119 Å². The van der Waals surface area contributed by atoms with Crippen molar-refractivity contribution < 1.29 is 120 Å². The number of carbonyl (C=O) groups is 1. The zero-order chi connectivity index (χ0) is 107. The number of nitrogens with one attached hydrogen (secondary N) is 1. The van der Waals surface area contributed by atoms with Crippen LogP contribution in [0.15, 0.2) is 120 Å². The van der Waals surface area contributed by atoms with E-state index in [-0.39, 0.29) is 128 Å². The Kier molecular flexibility index (Phi) is 33.4. The van der Waals surface area contributed by atoms with Crippen LogP contribution in [-0.2, 0) is 117 Å². The van der Waals surface area contributed by atoms with Gasteiger partial charge in [-0.15, -0.1) is 0 Å². The van der Waals surface area contributed by atoms with Crippen LogP contribution in [0.1, 0.15) is 94.6 Å². The first kappa shape index (κ1) is 111. The Morgan fingerprint density at radius 2 is 0.831 bits per heavy atom. The number of halogens is 3. The Labute approximate surface area is 846 Å². The number of aliphatic hydroxyl groups excluding tert-OH is 1. The summed E-state index contributed by atoms with van der Waals surface area (Å²) in [5.41, 5.74) is 29.6. The summed E-state index contributed by atoms with van der Waals surface area (Å²) < 4.78 is 212. The topological polar surface area (TPSA) is 730 Å². The number of aryl methyl sites for hydroxylation is 4. The number of amides is 1. The Balaban J connectivity index is 0.604. The number of aromatic amines is 1. The summed E-state index contributed by atoms with van der Waals surface area (Å²) >= 11 is 11.1. The second kappa shape index (κ2) is 44.5. The third-order valence-corrected chi connectivity index (χ3v) is 36.3. The molecule has 9 aromatic rings. The highest BCUT2D eigenvalue weighted by atomic mass is 32.5. The molecule has 7 aliphatic heterocycles. The first-order valence-corrected chi connectivity index (χ1v) is 58.8. The van der Waals surface area contributed by atoms with Crippen LogP contribution in [0.5, 0.6) is 0 Å². The number of ether oxygens (including phenoxy) is 7. The van der Waals surface area contributed by atoms with E-state index in [9.17, 15) is 66.4 Å². The molecule has 0 spiro atoms. The fraction of sp³-hybridized carbons (Fsp3) is 0.550. The molecule has 0 aliphatic carbocycles. The van der Waals surface area contributed by atoms with Crippen molar-refractivity contribution in [2.75, 3.05) is 173 Å². The van der Waals surface area contributed by atoms with E-state index >= 15 is 18.3 Å². The van der Waals surface area contributed by atoms with E-state index in [0.29, 0.717) is 17.2 Å². The Hall–Kier alpha value is -9.75. The van der Waals surface area contributed by atoms with Crippen LogP contribution in [0, 0.1) is 27.7 Å². The number of imidazole rings is 1. The molecule has 3 unspecified atom stereocenters. The number of nitrogens with two attached hydrogens (primary N) is 6. The molecule has 1 amide bonds. The number of hydrogen-bond donors (Lipinski definition) is 10. The number of nitrogen functional groups attached to an aromatic ring is 6. The van der Waals surface area contributed by atoms with Crippen LogP contribution in [-0.4, -0.2) is 314 Å². The van der Waals surface area contributed by atoms with E-state index in [0.717, 1.165) is 38.4 Å². The van der Waals surface area contributed by atoms with Gasteiger partial charge in [-0.25, -0.2) is 62.4 Å². The maximum absolute atomic E-state index is 15.7. The van der Waals surface area contributed by atoms with Gasteiger partial charge in [-0.2, -0.15) is 38.1 Å². The number of anilines is 6. The first-order chi connectivity index (χ1) is 69.6. The molecule has 7 aliphatic rings. The number of benzene rings is 1. The van der Waals surface area contributed by atoms with Gasteiger partial charge in [-0.1, -0.05) is 0 Å². The molecule has 0 saturated carbocycles. The maximum Gasteiger partial charge on any atom is 0.416 e. The van der Waals surface area contributed by atoms with Gasteiger partial charge in [-0.3, -0.25) is 64.8 Å². The lowest BCUT2D eigenvalue weighted by Crippen LogP contribution is -2.52. The molecule has 0 bridgehead atoms. The molecule has 0 radical (unpaired) electrons. The fourth-order valence-corrected chi connectivity index (χ4v) is 26.5. The highest BCUT2D eigenvalue weighted by molar-refractivity contribution is 8.07. The monoisotopic (exact) mass is 2230 g/mol.